The quantitative estimate of drug-likeness (QED) is 0.495. The molecule has 1 aliphatic rings. The molecule has 14 heavy (non-hydrogen) atoms. The molecule has 0 aromatic carbocycles. The predicted octanol–water partition coefficient (Wildman–Crippen LogP) is 0.0436. The third-order valence-corrected chi connectivity index (χ3v) is 1.51. The molecule has 1 saturated heterocycles. The molecule has 2 atom stereocenters. The fraction of sp³-hybridized carbons (Fsp3) is 0.333. The molecule has 1 rings (SSSR count). The minimum absolute atomic E-state index is 0.255. The van der Waals surface area contributed by atoms with Gasteiger partial charge >= 0.3 is 0 Å². The normalized spacial score (nSPS) is 24.1. The predicted molar refractivity (Wildman–Crippen MR) is 52.7 cm³/mol. The van der Waals surface area contributed by atoms with Gasteiger partial charge in [-0.3, -0.25) is 0 Å². The molecule has 0 amide bonds. The van der Waals surface area contributed by atoms with Crippen molar-refractivity contribution >= 4 is 0 Å². The van der Waals surface area contributed by atoms with Crippen molar-refractivity contribution in [1.82, 2.24) is 0 Å². The van der Waals surface area contributed by atoms with E-state index in [9.17, 15) is 0 Å². The molecule has 2 unspecified atom stereocenters. The first-order chi connectivity index (χ1) is 6.86. The Kier molecular flexibility index (Phi) is 4.20. The van der Waals surface area contributed by atoms with Gasteiger partial charge in [-0.15, -0.1) is 12.8 Å². The SMILES string of the molecule is C#CC#CC1COC(C#CC#C)CO1. The van der Waals surface area contributed by atoms with Gasteiger partial charge in [-0.2, -0.15) is 0 Å². The first-order valence-corrected chi connectivity index (χ1v) is 4.02. The first kappa shape index (κ1) is 10.2. The van der Waals surface area contributed by atoms with Crippen LogP contribution < -0.4 is 0 Å². The summed E-state index contributed by atoms with van der Waals surface area (Å²) in [7, 11) is 0. The van der Waals surface area contributed by atoms with Crippen LogP contribution >= 0.6 is 0 Å². The van der Waals surface area contributed by atoms with Crippen molar-refractivity contribution in [2.45, 2.75) is 12.2 Å². The van der Waals surface area contributed by atoms with Crippen molar-refractivity contribution in [3.05, 3.63) is 0 Å². The smallest absolute Gasteiger partial charge is 0.142 e. The number of hydrogen-bond donors (Lipinski definition) is 0. The van der Waals surface area contributed by atoms with Gasteiger partial charge in [0.05, 0.1) is 13.2 Å². The largest absolute Gasteiger partial charge is 0.359 e. The highest BCUT2D eigenvalue weighted by molar-refractivity contribution is 5.25. The molecular weight excluding hydrogens is 176 g/mol. The fourth-order valence-corrected chi connectivity index (χ4v) is 0.914. The van der Waals surface area contributed by atoms with Crippen LogP contribution in [0.2, 0.25) is 0 Å². The number of ether oxygens (including phenoxy) is 2. The van der Waals surface area contributed by atoms with Crippen molar-refractivity contribution in [2.24, 2.45) is 0 Å². The van der Waals surface area contributed by atoms with E-state index < -0.39 is 0 Å². The maximum absolute atomic E-state index is 5.32. The van der Waals surface area contributed by atoms with Crippen molar-refractivity contribution < 1.29 is 9.47 Å². The van der Waals surface area contributed by atoms with Gasteiger partial charge in [0.15, 0.2) is 0 Å². The summed E-state index contributed by atoms with van der Waals surface area (Å²) < 4.78 is 10.6. The summed E-state index contributed by atoms with van der Waals surface area (Å²) in [6, 6.07) is 0. The second kappa shape index (κ2) is 5.75. The van der Waals surface area contributed by atoms with E-state index in [1.807, 2.05) is 0 Å². The summed E-state index contributed by atoms with van der Waals surface area (Å²) >= 11 is 0. The third-order valence-electron chi connectivity index (χ3n) is 1.51. The van der Waals surface area contributed by atoms with Crippen molar-refractivity contribution in [3.63, 3.8) is 0 Å². The zero-order valence-corrected chi connectivity index (χ0v) is 7.54. The molecule has 2 heteroatoms. The minimum atomic E-state index is -0.255. The second-order valence-electron chi connectivity index (χ2n) is 2.47. The van der Waals surface area contributed by atoms with Crippen LogP contribution in [0.5, 0.6) is 0 Å². The van der Waals surface area contributed by atoms with Crippen LogP contribution in [0.25, 0.3) is 0 Å². The van der Waals surface area contributed by atoms with E-state index >= 15 is 0 Å². The van der Waals surface area contributed by atoms with Crippen LogP contribution in [0.4, 0.5) is 0 Å². The Morgan fingerprint density at radius 3 is 1.57 bits per heavy atom. The summed E-state index contributed by atoms with van der Waals surface area (Å²) in [6.07, 6.45) is 9.44. The van der Waals surface area contributed by atoms with Gasteiger partial charge in [-0.05, 0) is 23.7 Å². The Bertz CT molecular complexity index is 338. The molecular formula is C12H8O2. The summed E-state index contributed by atoms with van der Waals surface area (Å²) in [5, 5.41) is 0. The van der Waals surface area contributed by atoms with Gasteiger partial charge in [0, 0.05) is 0 Å². The highest BCUT2D eigenvalue weighted by Crippen LogP contribution is 2.05. The molecule has 1 heterocycles. The van der Waals surface area contributed by atoms with Crippen LogP contribution in [-0.2, 0) is 9.47 Å². The molecule has 0 spiro atoms. The monoisotopic (exact) mass is 184 g/mol. The molecule has 0 radical (unpaired) electrons. The summed E-state index contributed by atoms with van der Waals surface area (Å²) in [4.78, 5) is 0. The topological polar surface area (TPSA) is 18.5 Å². The molecule has 0 bridgehead atoms. The van der Waals surface area contributed by atoms with E-state index in [2.05, 4.69) is 35.5 Å². The molecule has 0 saturated carbocycles. The van der Waals surface area contributed by atoms with Gasteiger partial charge < -0.3 is 9.47 Å². The fourth-order valence-electron chi connectivity index (χ4n) is 0.914. The van der Waals surface area contributed by atoms with Crippen LogP contribution in [-0.4, -0.2) is 25.4 Å². The molecule has 2 nitrogen and oxygen atoms in total. The lowest BCUT2D eigenvalue weighted by molar-refractivity contribution is -0.0907. The van der Waals surface area contributed by atoms with Crippen LogP contribution in [0.3, 0.4) is 0 Å². The molecule has 0 N–H and O–H groups in total. The zero-order valence-electron chi connectivity index (χ0n) is 7.54. The van der Waals surface area contributed by atoms with Gasteiger partial charge in [0.2, 0.25) is 0 Å². The van der Waals surface area contributed by atoms with Gasteiger partial charge in [0.1, 0.15) is 12.2 Å². The lowest BCUT2D eigenvalue weighted by atomic mass is 10.3. The maximum atomic E-state index is 5.32. The summed E-state index contributed by atoms with van der Waals surface area (Å²) in [6.45, 7) is 0.747. The molecule has 68 valence electrons. The van der Waals surface area contributed by atoms with Crippen LogP contribution in [0.1, 0.15) is 0 Å². The number of hydrogen-bond acceptors (Lipinski definition) is 2. The Morgan fingerprint density at radius 1 is 0.857 bits per heavy atom. The number of rotatable bonds is 0. The molecule has 0 aromatic rings. The van der Waals surface area contributed by atoms with E-state index in [0.29, 0.717) is 13.2 Å². The Hall–Kier alpha value is -1.84. The lowest BCUT2D eigenvalue weighted by Gasteiger charge is -2.23. The minimum Gasteiger partial charge on any atom is -0.359 e. The Balaban J connectivity index is 2.40. The van der Waals surface area contributed by atoms with E-state index in [4.69, 9.17) is 22.3 Å². The van der Waals surface area contributed by atoms with Crippen LogP contribution in [0, 0.1) is 48.4 Å². The molecule has 1 aliphatic heterocycles. The Labute approximate surface area is 84.0 Å². The van der Waals surface area contributed by atoms with Gasteiger partial charge in [0.25, 0.3) is 0 Å². The highest BCUT2D eigenvalue weighted by atomic mass is 16.6. The maximum Gasteiger partial charge on any atom is 0.142 e. The van der Waals surface area contributed by atoms with E-state index in [-0.39, 0.29) is 12.2 Å². The molecule has 1 fully saturated rings. The van der Waals surface area contributed by atoms with Crippen LogP contribution in [0.15, 0.2) is 0 Å². The van der Waals surface area contributed by atoms with Crippen molar-refractivity contribution in [1.29, 1.82) is 0 Å². The summed E-state index contributed by atoms with van der Waals surface area (Å²) in [5.41, 5.74) is 0. The zero-order chi connectivity index (χ0) is 10.2. The van der Waals surface area contributed by atoms with E-state index in [1.165, 1.54) is 0 Å². The lowest BCUT2D eigenvalue weighted by Crippen LogP contribution is -2.33. The van der Waals surface area contributed by atoms with E-state index in [0.717, 1.165) is 0 Å². The summed E-state index contributed by atoms with van der Waals surface area (Å²) in [5.74, 6) is 14.8. The first-order valence-electron chi connectivity index (χ1n) is 4.02. The van der Waals surface area contributed by atoms with Gasteiger partial charge in [-0.25, -0.2) is 0 Å². The molecule has 0 aromatic heterocycles. The highest BCUT2D eigenvalue weighted by Gasteiger charge is 2.18. The van der Waals surface area contributed by atoms with Gasteiger partial charge in [-0.1, -0.05) is 11.8 Å². The Morgan fingerprint density at radius 2 is 1.29 bits per heavy atom. The second-order valence-corrected chi connectivity index (χ2v) is 2.47. The van der Waals surface area contributed by atoms with Crippen molar-refractivity contribution in [3.8, 4) is 48.4 Å². The average Bonchev–Trinajstić information content (AvgIpc) is 2.25. The molecule has 0 aliphatic carbocycles. The number of terminal acetylenes is 2. The average molecular weight is 184 g/mol. The standard InChI is InChI=1S/C12H8O2/c1-3-5-7-11-9-14-12(10-13-11)8-6-4-2/h1-2,11-12H,9-10H2. The van der Waals surface area contributed by atoms with E-state index in [1.54, 1.807) is 0 Å². The van der Waals surface area contributed by atoms with Crippen molar-refractivity contribution in [2.75, 3.05) is 13.2 Å². The third kappa shape index (κ3) is 3.26.